The van der Waals surface area contributed by atoms with Crippen molar-refractivity contribution in [2.24, 2.45) is 17.8 Å². The van der Waals surface area contributed by atoms with Gasteiger partial charge in [0.05, 0.1) is 0 Å². The Balaban J connectivity index is 0.000000248. The lowest BCUT2D eigenvalue weighted by Crippen LogP contribution is -2.57. The van der Waals surface area contributed by atoms with Gasteiger partial charge in [-0.2, -0.15) is 0 Å². The Kier molecular flexibility index (Phi) is 16.9. The number of benzene rings is 2. The van der Waals surface area contributed by atoms with E-state index in [-0.39, 0.29) is 11.5 Å². The number of piperidine rings is 3. The molecule has 3 aliphatic rings. The van der Waals surface area contributed by atoms with Gasteiger partial charge in [0.15, 0.2) is 5.78 Å². The molecule has 0 atom stereocenters. The first-order valence-electron chi connectivity index (χ1n) is 21.0. The molecule has 3 fully saturated rings. The normalized spacial score (nSPS) is 22.8. The number of hydrogen-bond acceptors (Lipinski definition) is 5. The van der Waals surface area contributed by atoms with Gasteiger partial charge in [0, 0.05) is 44.4 Å². The molecule has 0 spiro atoms. The zero-order valence-electron chi connectivity index (χ0n) is 37.3. The van der Waals surface area contributed by atoms with Crippen molar-refractivity contribution in [2.75, 3.05) is 0 Å². The van der Waals surface area contributed by atoms with Crippen LogP contribution in [0.2, 0.25) is 0 Å². The topological polar surface area (TPSA) is 73.4 Å². The first kappa shape index (κ1) is 46.9. The molecule has 0 aromatic heterocycles. The maximum Gasteiger partial charge on any atom is 0.193 e. The number of phenolic OH excluding ortho intramolecular Hbond substituents is 1. The molecule has 0 radical (unpaired) electrons. The molecule has 0 bridgehead atoms. The van der Waals surface area contributed by atoms with Gasteiger partial charge in [-0.25, -0.2) is 0 Å². The first-order valence-corrected chi connectivity index (χ1v) is 21.0. The minimum atomic E-state index is -0.0207. The fourth-order valence-corrected chi connectivity index (χ4v) is 10.5. The zero-order valence-corrected chi connectivity index (χ0v) is 37.3. The molecule has 3 saturated heterocycles. The van der Waals surface area contributed by atoms with Gasteiger partial charge in [0.1, 0.15) is 5.75 Å². The van der Waals surface area contributed by atoms with Gasteiger partial charge in [-0.15, -0.1) is 0 Å². The highest BCUT2D eigenvalue weighted by Crippen LogP contribution is 2.36. The molecule has 2 aromatic carbocycles. The molecule has 2 aromatic rings. The van der Waals surface area contributed by atoms with Gasteiger partial charge < -0.3 is 21.1 Å². The maximum atomic E-state index is 12.1. The van der Waals surface area contributed by atoms with Crippen LogP contribution < -0.4 is 16.0 Å². The van der Waals surface area contributed by atoms with Crippen molar-refractivity contribution in [3.05, 3.63) is 65.2 Å². The highest BCUT2D eigenvalue weighted by atomic mass is 16.3. The monoisotopic (exact) mass is 734 g/mol. The number of ketones is 1. The van der Waals surface area contributed by atoms with E-state index in [2.05, 4.69) is 127 Å². The van der Waals surface area contributed by atoms with E-state index in [1.807, 2.05) is 24.3 Å². The first-order chi connectivity index (χ1) is 24.2. The van der Waals surface area contributed by atoms with Crippen molar-refractivity contribution >= 4 is 5.78 Å². The van der Waals surface area contributed by atoms with Gasteiger partial charge in [0.25, 0.3) is 0 Å². The molecule has 4 N–H and O–H groups in total. The minimum Gasteiger partial charge on any atom is -0.508 e. The van der Waals surface area contributed by atoms with Crippen LogP contribution in [-0.2, 0) is 6.42 Å². The van der Waals surface area contributed by atoms with Gasteiger partial charge >= 0.3 is 0 Å². The fourth-order valence-electron chi connectivity index (χ4n) is 10.5. The van der Waals surface area contributed by atoms with E-state index < -0.39 is 0 Å². The van der Waals surface area contributed by atoms with Crippen LogP contribution in [0.25, 0.3) is 0 Å². The predicted octanol–water partition coefficient (Wildman–Crippen LogP) is 12.0. The highest BCUT2D eigenvalue weighted by molar-refractivity contribution is 6.09. The Bertz CT molecular complexity index is 1340. The summed E-state index contributed by atoms with van der Waals surface area (Å²) in [6, 6.07) is 13.9. The van der Waals surface area contributed by atoms with E-state index in [9.17, 15) is 4.79 Å². The van der Waals surface area contributed by atoms with Crippen LogP contribution >= 0.6 is 0 Å². The number of rotatable bonds is 6. The number of aromatic hydroxyl groups is 1. The van der Waals surface area contributed by atoms with Crippen molar-refractivity contribution in [1.29, 1.82) is 0 Å². The summed E-state index contributed by atoms with van der Waals surface area (Å²) in [5, 5.41) is 20.2. The van der Waals surface area contributed by atoms with Crippen molar-refractivity contribution in [3.63, 3.8) is 0 Å². The third-order valence-electron chi connectivity index (χ3n) is 11.0. The lowest BCUT2D eigenvalue weighted by atomic mass is 9.74. The summed E-state index contributed by atoms with van der Waals surface area (Å²) in [6.45, 7) is 36.8. The van der Waals surface area contributed by atoms with E-state index in [1.54, 1.807) is 12.1 Å². The lowest BCUT2D eigenvalue weighted by Gasteiger charge is -2.46. The van der Waals surface area contributed by atoms with Crippen LogP contribution in [0.5, 0.6) is 5.75 Å². The van der Waals surface area contributed by atoms with Crippen LogP contribution in [0.1, 0.15) is 190 Å². The summed E-state index contributed by atoms with van der Waals surface area (Å²) >= 11 is 0. The summed E-state index contributed by atoms with van der Waals surface area (Å²) in [7, 11) is 0. The lowest BCUT2D eigenvalue weighted by molar-refractivity contribution is 0.103. The maximum absolute atomic E-state index is 12.1. The minimum absolute atomic E-state index is 0.0207. The molecule has 0 saturated carbocycles. The molecule has 3 heterocycles. The van der Waals surface area contributed by atoms with E-state index in [1.165, 1.54) is 75.5 Å². The molecule has 5 heteroatoms. The summed E-state index contributed by atoms with van der Waals surface area (Å²) < 4.78 is 0. The smallest absolute Gasteiger partial charge is 0.193 e. The number of hydrogen-bond donors (Lipinski definition) is 4. The number of phenols is 1. The standard InChI is InChI=1S/C15H14O2.C12H25N.C11H23N.C10H21N/c1-2-11-3-5-12(6-4-11)15(17)13-7-9-14(16)10-8-13;1-6-7-10-8-11(2,3)13-12(4,5)9-10;1-6-9-7-10(2,3)12-11(4,5)8-9;1-8-6-9(2,3)11-10(4,5)7-8/h3-10,16H,2H2,1H3;10,13H,6-9H2,1-5H3;9,12H,6-8H2,1-5H3;8,11H,6-7H2,1-5H3. The molecule has 3 aliphatic heterocycles. The van der Waals surface area contributed by atoms with Crippen LogP contribution in [0, 0.1) is 17.8 Å². The van der Waals surface area contributed by atoms with Crippen LogP contribution in [0.3, 0.4) is 0 Å². The Labute approximate surface area is 327 Å². The van der Waals surface area contributed by atoms with Crippen molar-refractivity contribution in [2.45, 2.75) is 208 Å². The Morgan fingerprint density at radius 1 is 0.566 bits per heavy atom. The molecule has 302 valence electrons. The molecular weight excluding hydrogens is 651 g/mol. The average Bonchev–Trinajstić information content (AvgIpc) is 2.97. The van der Waals surface area contributed by atoms with E-state index >= 15 is 0 Å². The molecule has 5 rings (SSSR count). The average molecular weight is 734 g/mol. The largest absolute Gasteiger partial charge is 0.508 e. The van der Waals surface area contributed by atoms with Crippen LogP contribution in [-0.4, -0.2) is 44.1 Å². The summed E-state index contributed by atoms with van der Waals surface area (Å²) in [5.74, 6) is 2.85. The summed E-state index contributed by atoms with van der Waals surface area (Å²) in [6.07, 6.45) is 13.0. The predicted molar refractivity (Wildman–Crippen MR) is 230 cm³/mol. The molecule has 0 amide bonds. The van der Waals surface area contributed by atoms with E-state index in [0.29, 0.717) is 44.4 Å². The van der Waals surface area contributed by atoms with Gasteiger partial charge in [-0.05, 0) is 176 Å². The molecule has 53 heavy (non-hydrogen) atoms. The Hall–Kier alpha value is -2.21. The summed E-state index contributed by atoms with van der Waals surface area (Å²) in [4.78, 5) is 12.1. The van der Waals surface area contributed by atoms with Gasteiger partial charge in [0.2, 0.25) is 0 Å². The van der Waals surface area contributed by atoms with Crippen molar-refractivity contribution in [3.8, 4) is 5.75 Å². The third-order valence-corrected chi connectivity index (χ3v) is 11.0. The molecule has 5 nitrogen and oxygen atoms in total. The second-order valence-electron chi connectivity index (χ2n) is 20.9. The number of carbonyl (C=O) groups excluding carboxylic acids is 1. The SMILES string of the molecule is CC1CC(C)(C)NC(C)(C)C1.CCC1CC(C)(C)NC(C)(C)C1.CCCC1CC(C)(C)NC(C)(C)C1.CCc1ccc(C(=O)c2ccc(O)cc2)cc1. The van der Waals surface area contributed by atoms with Gasteiger partial charge in [-0.1, -0.05) is 71.2 Å². The molecule has 0 unspecified atom stereocenters. The van der Waals surface area contributed by atoms with Crippen LogP contribution in [0.15, 0.2) is 48.5 Å². The van der Waals surface area contributed by atoms with E-state index in [0.717, 1.165) is 24.2 Å². The molecular formula is C48H83N3O2. The second kappa shape index (κ2) is 19.1. The molecule has 0 aliphatic carbocycles. The number of aryl methyl sites for hydroxylation is 1. The quantitative estimate of drug-likeness (QED) is 0.223. The van der Waals surface area contributed by atoms with Crippen LogP contribution in [0.4, 0.5) is 0 Å². The Morgan fingerprint density at radius 2 is 0.906 bits per heavy atom. The zero-order chi connectivity index (χ0) is 40.5. The van der Waals surface area contributed by atoms with Crippen molar-refractivity contribution < 1.29 is 9.90 Å². The number of nitrogens with one attached hydrogen (secondary N) is 3. The fraction of sp³-hybridized carbons (Fsp3) is 0.729. The number of carbonyl (C=O) groups is 1. The Morgan fingerprint density at radius 3 is 1.23 bits per heavy atom. The second-order valence-corrected chi connectivity index (χ2v) is 20.9. The van der Waals surface area contributed by atoms with E-state index in [4.69, 9.17) is 5.11 Å². The summed E-state index contributed by atoms with van der Waals surface area (Å²) in [5.41, 5.74) is 4.49. The van der Waals surface area contributed by atoms with Gasteiger partial charge in [-0.3, -0.25) is 4.79 Å². The van der Waals surface area contributed by atoms with Crippen molar-refractivity contribution in [1.82, 2.24) is 16.0 Å². The highest BCUT2D eigenvalue weighted by Gasteiger charge is 2.38. The third kappa shape index (κ3) is 17.4.